The molecule has 0 radical (unpaired) electrons. The van der Waals surface area contributed by atoms with Gasteiger partial charge in [-0.2, -0.15) is 8.42 Å². The molecule has 0 amide bonds. The molecule has 0 bridgehead atoms. The van der Waals surface area contributed by atoms with E-state index in [4.69, 9.17) is 5.11 Å². The predicted octanol–water partition coefficient (Wildman–Crippen LogP) is 0.0221. The molecule has 0 aliphatic rings. The van der Waals surface area contributed by atoms with Crippen molar-refractivity contribution in [1.82, 2.24) is 4.98 Å². The summed E-state index contributed by atoms with van der Waals surface area (Å²) in [5, 5.41) is 18.3. The number of benzene rings is 1. The van der Waals surface area contributed by atoms with Crippen molar-refractivity contribution in [3.8, 4) is 5.88 Å². The first-order chi connectivity index (χ1) is 6.86. The maximum atomic E-state index is 9.19. The van der Waals surface area contributed by atoms with Gasteiger partial charge in [-0.1, -0.05) is 18.2 Å². The zero-order valence-electron chi connectivity index (χ0n) is 7.71. The van der Waals surface area contributed by atoms with Gasteiger partial charge >= 0.3 is 0 Å². The number of hydrogen-bond acceptors (Lipinski definition) is 3. The summed E-state index contributed by atoms with van der Waals surface area (Å²) in [7, 11) is -3.67. The van der Waals surface area contributed by atoms with Gasteiger partial charge in [-0.3, -0.25) is 0 Å². The fourth-order valence-corrected chi connectivity index (χ4v) is 1.06. The SMILES string of the molecule is NS(N)(=O)=O.Oc1cc2ccccc2[nH]1. The van der Waals surface area contributed by atoms with E-state index in [9.17, 15) is 8.42 Å². The summed E-state index contributed by atoms with van der Waals surface area (Å²) in [4.78, 5) is 2.81. The van der Waals surface area contributed by atoms with Gasteiger partial charge < -0.3 is 10.1 Å². The lowest BCUT2D eigenvalue weighted by Crippen LogP contribution is -2.21. The summed E-state index contributed by atoms with van der Waals surface area (Å²) in [5.74, 6) is 0.223. The molecule has 6 N–H and O–H groups in total. The molecule has 2 rings (SSSR count). The van der Waals surface area contributed by atoms with Crippen molar-refractivity contribution >= 4 is 21.1 Å². The van der Waals surface area contributed by atoms with E-state index in [0.29, 0.717) is 0 Å². The van der Waals surface area contributed by atoms with Crippen LogP contribution in [-0.4, -0.2) is 18.5 Å². The molecule has 0 saturated heterocycles. The van der Waals surface area contributed by atoms with Gasteiger partial charge in [0.05, 0.1) is 0 Å². The second-order valence-corrected chi connectivity index (χ2v) is 4.01. The molecule has 15 heavy (non-hydrogen) atoms. The molecule has 0 aliphatic carbocycles. The Balaban J connectivity index is 0.000000195. The van der Waals surface area contributed by atoms with Crippen LogP contribution in [-0.2, 0) is 10.2 Å². The topological polar surface area (TPSA) is 122 Å². The summed E-state index contributed by atoms with van der Waals surface area (Å²) < 4.78 is 18.4. The van der Waals surface area contributed by atoms with Crippen molar-refractivity contribution < 1.29 is 13.5 Å². The second kappa shape index (κ2) is 4.30. The van der Waals surface area contributed by atoms with Crippen molar-refractivity contribution in [2.24, 2.45) is 10.3 Å². The van der Waals surface area contributed by atoms with E-state index in [1.54, 1.807) is 6.07 Å². The van der Waals surface area contributed by atoms with Crippen LogP contribution in [0.25, 0.3) is 10.9 Å². The first-order valence-electron chi connectivity index (χ1n) is 3.93. The first kappa shape index (κ1) is 11.5. The summed E-state index contributed by atoms with van der Waals surface area (Å²) in [6.07, 6.45) is 0. The predicted molar refractivity (Wildman–Crippen MR) is 57.3 cm³/mol. The van der Waals surface area contributed by atoms with Gasteiger partial charge in [0.2, 0.25) is 0 Å². The van der Waals surface area contributed by atoms with E-state index in [2.05, 4.69) is 15.3 Å². The fourth-order valence-electron chi connectivity index (χ4n) is 1.06. The van der Waals surface area contributed by atoms with Crippen molar-refractivity contribution in [2.45, 2.75) is 0 Å². The molecule has 0 unspecified atom stereocenters. The molecule has 1 aromatic heterocycles. The Morgan fingerprint density at radius 2 is 1.73 bits per heavy atom. The number of H-pyrrole nitrogens is 1. The average molecular weight is 229 g/mol. The van der Waals surface area contributed by atoms with Crippen LogP contribution in [0.4, 0.5) is 0 Å². The molecular weight excluding hydrogens is 218 g/mol. The zero-order valence-corrected chi connectivity index (χ0v) is 8.53. The summed E-state index contributed by atoms with van der Waals surface area (Å²) >= 11 is 0. The maximum Gasteiger partial charge on any atom is 0.271 e. The van der Waals surface area contributed by atoms with E-state index in [1.807, 2.05) is 24.3 Å². The molecule has 0 saturated carbocycles. The molecule has 2 aromatic rings. The molecule has 6 nitrogen and oxygen atoms in total. The monoisotopic (exact) mass is 229 g/mol. The molecular formula is C8H11N3O3S. The van der Waals surface area contributed by atoms with Gasteiger partial charge in [0, 0.05) is 17.0 Å². The van der Waals surface area contributed by atoms with Crippen molar-refractivity contribution in [2.75, 3.05) is 0 Å². The molecule has 0 aliphatic heterocycles. The highest BCUT2D eigenvalue weighted by atomic mass is 32.2. The van der Waals surface area contributed by atoms with Gasteiger partial charge in [0.15, 0.2) is 5.88 Å². The average Bonchev–Trinajstić information content (AvgIpc) is 2.40. The van der Waals surface area contributed by atoms with Crippen molar-refractivity contribution in [1.29, 1.82) is 0 Å². The molecule has 1 heterocycles. The van der Waals surface area contributed by atoms with E-state index in [0.717, 1.165) is 10.9 Å². The van der Waals surface area contributed by atoms with Gasteiger partial charge in [0.1, 0.15) is 0 Å². The minimum Gasteiger partial charge on any atom is -0.495 e. The molecule has 0 atom stereocenters. The van der Waals surface area contributed by atoms with Gasteiger partial charge in [-0.25, -0.2) is 10.3 Å². The van der Waals surface area contributed by atoms with Gasteiger partial charge in [0.25, 0.3) is 10.2 Å². The fraction of sp³-hybridized carbons (Fsp3) is 0. The molecule has 0 fully saturated rings. The van der Waals surface area contributed by atoms with E-state index < -0.39 is 10.2 Å². The van der Waals surface area contributed by atoms with Crippen LogP contribution < -0.4 is 10.3 Å². The first-order valence-corrected chi connectivity index (χ1v) is 5.54. The Morgan fingerprint density at radius 1 is 1.20 bits per heavy atom. The van der Waals surface area contributed by atoms with Crippen LogP contribution in [0.3, 0.4) is 0 Å². The van der Waals surface area contributed by atoms with Crippen molar-refractivity contribution in [3.63, 3.8) is 0 Å². The summed E-state index contributed by atoms with van der Waals surface area (Å²) in [5.41, 5.74) is 0.972. The smallest absolute Gasteiger partial charge is 0.271 e. The number of fused-ring (bicyclic) bond motifs is 1. The lowest BCUT2D eigenvalue weighted by Gasteiger charge is -1.83. The normalized spacial score (nSPS) is 10.8. The number of aromatic nitrogens is 1. The van der Waals surface area contributed by atoms with E-state index in [-0.39, 0.29) is 5.88 Å². The Bertz CT molecular complexity index is 506. The third kappa shape index (κ3) is 4.45. The van der Waals surface area contributed by atoms with Crippen LogP contribution in [0, 0.1) is 0 Å². The van der Waals surface area contributed by atoms with Crippen LogP contribution in [0.2, 0.25) is 0 Å². The van der Waals surface area contributed by atoms with Crippen LogP contribution in [0.5, 0.6) is 5.88 Å². The Morgan fingerprint density at radius 3 is 2.27 bits per heavy atom. The summed E-state index contributed by atoms with van der Waals surface area (Å²) in [6.45, 7) is 0. The van der Waals surface area contributed by atoms with Crippen LogP contribution in [0.15, 0.2) is 30.3 Å². The Labute approximate surface area is 86.7 Å². The highest BCUT2D eigenvalue weighted by Crippen LogP contribution is 2.17. The van der Waals surface area contributed by atoms with Gasteiger partial charge in [-0.05, 0) is 6.07 Å². The number of aromatic amines is 1. The standard InChI is InChI=1S/C8H7NO.H4N2O2S/c10-8-5-6-3-1-2-4-7(6)9-8;1-5(2,3)4/h1-5,9-10H;(H4,1,2,3,4). The van der Waals surface area contributed by atoms with Gasteiger partial charge in [-0.15, -0.1) is 0 Å². The molecule has 1 aromatic carbocycles. The number of nitrogens with one attached hydrogen (secondary N) is 1. The minimum absolute atomic E-state index is 0.223. The lowest BCUT2D eigenvalue weighted by atomic mass is 10.3. The second-order valence-electron chi connectivity index (χ2n) is 2.83. The number of rotatable bonds is 0. The van der Waals surface area contributed by atoms with Crippen molar-refractivity contribution in [3.05, 3.63) is 30.3 Å². The number of para-hydroxylation sites is 1. The Hall–Kier alpha value is -1.57. The largest absolute Gasteiger partial charge is 0.495 e. The highest BCUT2D eigenvalue weighted by Gasteiger charge is 1.94. The number of nitrogens with two attached hydrogens (primary N) is 2. The molecule has 7 heteroatoms. The molecule has 0 spiro atoms. The number of aromatic hydroxyl groups is 1. The third-order valence-corrected chi connectivity index (χ3v) is 1.52. The lowest BCUT2D eigenvalue weighted by molar-refractivity contribution is 0.458. The quantitative estimate of drug-likeness (QED) is 0.509. The van der Waals surface area contributed by atoms with E-state index in [1.165, 1.54) is 0 Å². The Kier molecular flexibility index (Phi) is 3.30. The third-order valence-electron chi connectivity index (χ3n) is 1.52. The zero-order chi connectivity index (χ0) is 11.5. The maximum absolute atomic E-state index is 9.19. The number of hydrogen-bond donors (Lipinski definition) is 4. The van der Waals surface area contributed by atoms with Crippen LogP contribution in [0.1, 0.15) is 0 Å². The summed E-state index contributed by atoms with van der Waals surface area (Å²) in [6, 6.07) is 9.45. The minimum atomic E-state index is -3.67. The molecule has 82 valence electrons. The van der Waals surface area contributed by atoms with E-state index >= 15 is 0 Å². The highest BCUT2D eigenvalue weighted by molar-refractivity contribution is 7.86. The van der Waals surface area contributed by atoms with Crippen LogP contribution >= 0.6 is 0 Å².